The van der Waals surface area contributed by atoms with Crippen LogP contribution in [0.25, 0.3) is 0 Å². The van der Waals surface area contributed by atoms with Crippen LogP contribution in [0.15, 0.2) is 47.4 Å². The number of hydrogen-bond acceptors (Lipinski definition) is 7. The van der Waals surface area contributed by atoms with E-state index in [4.69, 9.17) is 19.7 Å². The zero-order valence-corrected chi connectivity index (χ0v) is 13.2. The van der Waals surface area contributed by atoms with E-state index in [0.29, 0.717) is 5.75 Å². The van der Waals surface area contributed by atoms with E-state index in [1.165, 1.54) is 36.4 Å². The summed E-state index contributed by atoms with van der Waals surface area (Å²) in [6, 6.07) is 8.96. The molecule has 0 radical (unpaired) electrons. The summed E-state index contributed by atoms with van der Waals surface area (Å²) in [7, 11) is -3.76. The second-order valence-electron chi connectivity index (χ2n) is 4.70. The van der Waals surface area contributed by atoms with Crippen molar-refractivity contribution in [1.29, 1.82) is 0 Å². The predicted octanol–water partition coefficient (Wildman–Crippen LogP) is 0.981. The highest BCUT2D eigenvalue weighted by molar-refractivity contribution is 7.89. The largest absolute Gasteiger partial charge is 0.508 e. The van der Waals surface area contributed by atoms with E-state index >= 15 is 0 Å². The number of aromatic hydroxyl groups is 2. The van der Waals surface area contributed by atoms with Crippen LogP contribution in [0, 0.1) is 0 Å². The van der Waals surface area contributed by atoms with E-state index in [1.807, 2.05) is 0 Å². The number of sulfonamides is 1. The fourth-order valence-electron chi connectivity index (χ4n) is 1.79. The van der Waals surface area contributed by atoms with Gasteiger partial charge in [0.15, 0.2) is 0 Å². The van der Waals surface area contributed by atoms with Crippen molar-refractivity contribution >= 4 is 16.0 Å². The van der Waals surface area contributed by atoms with Gasteiger partial charge in [0.25, 0.3) is 0 Å². The first-order valence-corrected chi connectivity index (χ1v) is 8.27. The Balaban J connectivity index is 1.83. The average Bonchev–Trinajstić information content (AvgIpc) is 2.51. The highest BCUT2D eigenvalue weighted by Gasteiger charge is 2.13. The zero-order valence-electron chi connectivity index (χ0n) is 12.4. The molecule has 9 heteroatoms. The molecule has 0 amide bonds. The number of phenols is 2. The van der Waals surface area contributed by atoms with Crippen molar-refractivity contribution in [3.8, 4) is 17.2 Å². The summed E-state index contributed by atoms with van der Waals surface area (Å²) in [4.78, 5) is 11.7. The molecule has 0 unspecified atom stereocenters. The number of carbonyl (C=O) groups is 1. The molecule has 4 N–H and O–H groups in total. The molecule has 0 saturated carbocycles. The summed E-state index contributed by atoms with van der Waals surface area (Å²) in [5, 5.41) is 23.7. The highest BCUT2D eigenvalue weighted by atomic mass is 32.2. The molecule has 0 saturated heterocycles. The summed E-state index contributed by atoms with van der Waals surface area (Å²) in [5.74, 6) is -0.943. The van der Waals surface area contributed by atoms with Gasteiger partial charge in [0, 0.05) is 6.07 Å². The predicted molar refractivity (Wildman–Crippen MR) is 83.4 cm³/mol. The Labute approximate surface area is 138 Å². The Hall–Kier alpha value is -2.78. The van der Waals surface area contributed by atoms with E-state index in [2.05, 4.69) is 0 Å². The maximum absolute atomic E-state index is 11.7. The van der Waals surface area contributed by atoms with Crippen molar-refractivity contribution in [1.82, 2.24) is 0 Å². The molecule has 0 spiro atoms. The molecule has 0 fully saturated rings. The first-order chi connectivity index (χ1) is 11.3. The molecule has 0 aliphatic carbocycles. The van der Waals surface area contributed by atoms with Crippen LogP contribution < -0.4 is 9.88 Å². The van der Waals surface area contributed by atoms with Crippen molar-refractivity contribution in [3.63, 3.8) is 0 Å². The summed E-state index contributed by atoms with van der Waals surface area (Å²) in [5.41, 5.74) is -0.0784. The minimum Gasteiger partial charge on any atom is -0.508 e. The van der Waals surface area contributed by atoms with Crippen LogP contribution in [0.5, 0.6) is 17.2 Å². The Kier molecular flexibility index (Phi) is 5.27. The Morgan fingerprint density at radius 2 is 1.71 bits per heavy atom. The number of nitrogens with two attached hydrogens (primary N) is 1. The third-order valence-electron chi connectivity index (χ3n) is 2.94. The van der Waals surface area contributed by atoms with Crippen molar-refractivity contribution in [2.75, 3.05) is 13.2 Å². The number of phenolic OH excluding ortho intramolecular Hbond substituents is 2. The van der Waals surface area contributed by atoms with Crippen LogP contribution in [-0.4, -0.2) is 37.8 Å². The van der Waals surface area contributed by atoms with Gasteiger partial charge in [-0.3, -0.25) is 0 Å². The molecule has 8 nitrogen and oxygen atoms in total. The molecule has 24 heavy (non-hydrogen) atoms. The molecule has 2 aromatic rings. The van der Waals surface area contributed by atoms with Gasteiger partial charge >= 0.3 is 5.97 Å². The smallest absolute Gasteiger partial charge is 0.342 e. The van der Waals surface area contributed by atoms with Crippen LogP contribution in [0.2, 0.25) is 0 Å². The number of primary sulfonamides is 1. The van der Waals surface area contributed by atoms with Crippen LogP contribution >= 0.6 is 0 Å². The van der Waals surface area contributed by atoms with E-state index in [-0.39, 0.29) is 35.2 Å². The molecule has 0 aliphatic rings. The van der Waals surface area contributed by atoms with Crippen molar-refractivity contribution in [2.45, 2.75) is 4.90 Å². The maximum atomic E-state index is 11.7. The summed E-state index contributed by atoms with van der Waals surface area (Å²) < 4.78 is 32.4. The highest BCUT2D eigenvalue weighted by Crippen LogP contribution is 2.23. The third kappa shape index (κ3) is 4.61. The third-order valence-corrected chi connectivity index (χ3v) is 3.87. The normalized spacial score (nSPS) is 11.0. The van der Waals surface area contributed by atoms with Crippen LogP contribution in [0.4, 0.5) is 0 Å². The lowest BCUT2D eigenvalue weighted by atomic mass is 10.2. The van der Waals surface area contributed by atoms with Crippen LogP contribution in [0.1, 0.15) is 10.4 Å². The first kappa shape index (κ1) is 17.6. The van der Waals surface area contributed by atoms with E-state index in [9.17, 15) is 18.3 Å². The molecule has 0 aliphatic heterocycles. The van der Waals surface area contributed by atoms with Crippen molar-refractivity contribution in [3.05, 3.63) is 48.0 Å². The second-order valence-corrected chi connectivity index (χ2v) is 6.26. The molecular formula is C15H15NO7S. The number of ether oxygens (including phenoxy) is 2. The Morgan fingerprint density at radius 1 is 1.04 bits per heavy atom. The molecular weight excluding hydrogens is 338 g/mol. The lowest BCUT2D eigenvalue weighted by Crippen LogP contribution is -2.13. The molecule has 0 heterocycles. The van der Waals surface area contributed by atoms with Gasteiger partial charge < -0.3 is 19.7 Å². The van der Waals surface area contributed by atoms with Gasteiger partial charge in [-0.05, 0) is 36.4 Å². The first-order valence-electron chi connectivity index (χ1n) is 6.72. The SMILES string of the molecule is NS(=O)(=O)c1ccc(OCCOC(=O)c2ccc(O)cc2O)cc1. The number of hydrogen-bond donors (Lipinski definition) is 3. The van der Waals surface area contributed by atoms with E-state index in [1.54, 1.807) is 0 Å². The number of rotatable bonds is 6. The minimum absolute atomic E-state index is 0.0271. The van der Waals surface area contributed by atoms with Gasteiger partial charge in [-0.1, -0.05) is 0 Å². The van der Waals surface area contributed by atoms with Gasteiger partial charge in [-0.2, -0.15) is 0 Å². The van der Waals surface area contributed by atoms with Gasteiger partial charge in [0.1, 0.15) is 36.0 Å². The molecule has 2 aromatic carbocycles. The number of benzene rings is 2. The van der Waals surface area contributed by atoms with E-state index in [0.717, 1.165) is 6.07 Å². The van der Waals surface area contributed by atoms with Crippen LogP contribution in [0.3, 0.4) is 0 Å². The topological polar surface area (TPSA) is 136 Å². The Bertz CT molecular complexity index is 831. The standard InChI is InChI=1S/C15H15NO7S/c16-24(20,21)12-4-2-11(3-5-12)22-7-8-23-15(19)13-6-1-10(17)9-14(13)18/h1-6,9,17-18H,7-8H2,(H2,16,20,21). The van der Waals surface area contributed by atoms with Gasteiger partial charge in [-0.15, -0.1) is 0 Å². The molecule has 0 atom stereocenters. The number of carbonyl (C=O) groups excluding carboxylic acids is 1. The second kappa shape index (κ2) is 7.20. The number of esters is 1. The van der Waals surface area contributed by atoms with Gasteiger partial charge in [0.05, 0.1) is 4.90 Å². The Morgan fingerprint density at radius 3 is 2.29 bits per heavy atom. The fourth-order valence-corrected chi connectivity index (χ4v) is 2.31. The van der Waals surface area contributed by atoms with Crippen LogP contribution in [-0.2, 0) is 14.8 Å². The van der Waals surface area contributed by atoms with Crippen molar-refractivity contribution < 1.29 is 32.9 Å². The van der Waals surface area contributed by atoms with Gasteiger partial charge in [-0.25, -0.2) is 18.4 Å². The summed E-state index contributed by atoms with van der Waals surface area (Å²) in [6.45, 7) is -0.0601. The molecule has 0 bridgehead atoms. The quantitative estimate of drug-likeness (QED) is 0.520. The van der Waals surface area contributed by atoms with E-state index < -0.39 is 16.0 Å². The van der Waals surface area contributed by atoms with Gasteiger partial charge in [0.2, 0.25) is 10.0 Å². The zero-order chi connectivity index (χ0) is 17.7. The monoisotopic (exact) mass is 353 g/mol. The summed E-state index contributed by atoms with van der Waals surface area (Å²) >= 11 is 0. The van der Waals surface area contributed by atoms with Crippen molar-refractivity contribution in [2.24, 2.45) is 5.14 Å². The average molecular weight is 353 g/mol. The summed E-state index contributed by atoms with van der Waals surface area (Å²) in [6.07, 6.45) is 0. The fraction of sp³-hybridized carbons (Fsp3) is 0.133. The minimum atomic E-state index is -3.76. The lowest BCUT2D eigenvalue weighted by Gasteiger charge is -2.09. The lowest BCUT2D eigenvalue weighted by molar-refractivity contribution is 0.0447. The maximum Gasteiger partial charge on any atom is 0.342 e. The molecule has 0 aromatic heterocycles. The molecule has 2 rings (SSSR count). The molecule has 128 valence electrons.